The Balaban J connectivity index is 1.33. The zero-order valence-corrected chi connectivity index (χ0v) is 59.6. The lowest BCUT2D eigenvalue weighted by Crippen LogP contribution is -2.66. The first kappa shape index (κ1) is 88.6. The maximum atomic E-state index is 13.4. The van der Waals surface area contributed by atoms with Crippen molar-refractivity contribution in [3.63, 3.8) is 0 Å². The molecule has 0 bridgehead atoms. The minimum atomic E-state index is -1.99. The van der Waals surface area contributed by atoms with Gasteiger partial charge in [-0.25, -0.2) is 0 Å². The average molecular weight is 1390 g/mol. The Morgan fingerprint density at radius 3 is 1.13 bits per heavy atom. The van der Waals surface area contributed by atoms with E-state index in [4.69, 9.17) is 28.4 Å². The molecule has 3 heterocycles. The molecule has 0 aromatic rings. The van der Waals surface area contributed by atoms with Crippen molar-refractivity contribution in [1.29, 1.82) is 0 Å². The van der Waals surface area contributed by atoms with Gasteiger partial charge in [0.05, 0.1) is 38.6 Å². The van der Waals surface area contributed by atoms with Crippen molar-refractivity contribution >= 4 is 5.91 Å². The van der Waals surface area contributed by atoms with Gasteiger partial charge in [-0.15, -0.1) is 0 Å². The molecular weight excluding hydrogens is 1260 g/mol. The number of nitrogens with one attached hydrogen (secondary N) is 1. The molecule has 0 aromatic carbocycles. The highest BCUT2D eigenvalue weighted by Gasteiger charge is 2.53. The molecule has 3 rings (SSSR count). The van der Waals surface area contributed by atoms with Gasteiger partial charge in [0.15, 0.2) is 18.9 Å². The van der Waals surface area contributed by atoms with Gasteiger partial charge in [0, 0.05) is 6.42 Å². The predicted molar refractivity (Wildman–Crippen MR) is 392 cm³/mol. The van der Waals surface area contributed by atoms with Crippen molar-refractivity contribution < 1.29 is 89.4 Å². The van der Waals surface area contributed by atoms with Crippen LogP contribution in [0.1, 0.15) is 206 Å². The van der Waals surface area contributed by atoms with Gasteiger partial charge in [0.1, 0.15) is 73.2 Å². The van der Waals surface area contributed by atoms with Crippen LogP contribution < -0.4 is 5.32 Å². The Hall–Kier alpha value is -4.59. The van der Waals surface area contributed by atoms with Gasteiger partial charge in [-0.3, -0.25) is 4.79 Å². The molecule has 3 fully saturated rings. The number of ether oxygens (including phenoxy) is 6. The number of hydrogen-bond donors (Lipinski definition) is 12. The molecule has 0 radical (unpaired) electrons. The summed E-state index contributed by atoms with van der Waals surface area (Å²) < 4.78 is 34.3. The minimum Gasteiger partial charge on any atom is -0.394 e. The Kier molecular flexibility index (Phi) is 52.7. The first-order valence-electron chi connectivity index (χ1n) is 37.2. The lowest BCUT2D eigenvalue weighted by molar-refractivity contribution is -0.379. The summed E-state index contributed by atoms with van der Waals surface area (Å²) in [5.74, 6) is -0.303. The Labute approximate surface area is 593 Å². The van der Waals surface area contributed by atoms with Gasteiger partial charge in [0.2, 0.25) is 5.91 Å². The van der Waals surface area contributed by atoms with Crippen molar-refractivity contribution in [2.24, 2.45) is 0 Å². The molecule has 0 aromatic heterocycles. The van der Waals surface area contributed by atoms with Crippen LogP contribution in [0.25, 0.3) is 0 Å². The number of aliphatic hydroxyl groups excluding tert-OH is 11. The molecule has 0 saturated carbocycles. The van der Waals surface area contributed by atoms with E-state index in [1.807, 2.05) is 6.08 Å². The van der Waals surface area contributed by atoms with Crippen LogP contribution in [0.3, 0.4) is 0 Å². The molecule has 19 nitrogen and oxygen atoms in total. The highest BCUT2D eigenvalue weighted by molar-refractivity contribution is 5.76. The number of carbonyl (C=O) groups is 1. The van der Waals surface area contributed by atoms with Crippen molar-refractivity contribution in [2.75, 3.05) is 26.4 Å². The van der Waals surface area contributed by atoms with Gasteiger partial charge in [-0.05, 0) is 122 Å². The summed E-state index contributed by atoms with van der Waals surface area (Å²) in [7, 11) is 0. The van der Waals surface area contributed by atoms with Crippen LogP contribution in [0.5, 0.6) is 0 Å². The Bertz CT molecular complexity index is 2410. The summed E-state index contributed by atoms with van der Waals surface area (Å²) >= 11 is 0. The highest BCUT2D eigenvalue weighted by Crippen LogP contribution is 2.33. The fraction of sp³-hybridized carbons (Fsp3) is 0.662. The maximum absolute atomic E-state index is 13.4. The van der Waals surface area contributed by atoms with Crippen LogP contribution in [0.4, 0.5) is 0 Å². The van der Waals surface area contributed by atoms with Crippen LogP contribution in [0.2, 0.25) is 0 Å². The van der Waals surface area contributed by atoms with E-state index in [0.717, 1.165) is 122 Å². The highest BCUT2D eigenvalue weighted by atomic mass is 16.8. The molecule has 0 aliphatic carbocycles. The van der Waals surface area contributed by atoms with E-state index in [0.29, 0.717) is 12.8 Å². The standard InChI is InChI=1S/C80H129NO18/c1-3-5-7-9-11-13-15-17-18-19-20-21-22-23-24-25-26-27-28-29-30-31-32-33-34-35-36-37-38-39-40-41-42-43-44-46-48-50-52-54-56-58-68(86)81-63(64(85)57-55-53-51-49-47-45-16-14-12-10-8-6-4-2)62-94-78-74(92)71(89)76(66(60-83)96-78)99-80-75(93)72(90)77(67(61-84)97-80)98-79-73(91)70(88)69(87)65(59-82)95-79/h5,7,11-14,17-18,20-21,23-24,26-27,29-30,32-33,35-36,38-39,47,49,55,57,63-67,69-80,82-85,87-93H,3-4,6,8-10,15-16,19,22,25,28,31,34,37,40-46,48,50-54,56,58-62H2,1-2H3,(H,81,86)/b7-5-,13-11-,14-12+,18-17-,21-20-,24-23-,27-26-,30-29-,33-32-,36-35-,39-38-,49-47+,57-55+. The van der Waals surface area contributed by atoms with Crippen LogP contribution in [-0.2, 0) is 33.2 Å². The third kappa shape index (κ3) is 39.6. The fourth-order valence-corrected chi connectivity index (χ4v) is 11.3. The predicted octanol–water partition coefficient (Wildman–Crippen LogP) is 11.3. The van der Waals surface area contributed by atoms with E-state index in [9.17, 15) is 61.0 Å². The maximum Gasteiger partial charge on any atom is 0.220 e. The number of unbranched alkanes of at least 4 members (excludes halogenated alkanes) is 15. The normalized spacial score (nSPS) is 27.5. The second-order valence-electron chi connectivity index (χ2n) is 25.6. The zero-order chi connectivity index (χ0) is 71.8. The first-order chi connectivity index (χ1) is 48.3. The SMILES string of the molecule is CC/C=C\C/C=C\C/C=C\C/C=C\C/C=C\C/C=C\C/C=C\C/C=C\C/C=C\C/C=C\CCCCCCCCCCCCC(=O)NC(COC1OC(CO)C(OC2OC(CO)C(OC3OC(CO)C(O)C(O)C3O)C(O)C2O)C(O)C1O)C(O)/C=C/CC/C=C/CC/C=C/CCCCC. The topological polar surface area (TPSA) is 307 Å². The summed E-state index contributed by atoms with van der Waals surface area (Å²) in [4.78, 5) is 13.4. The van der Waals surface area contributed by atoms with E-state index in [2.05, 4.69) is 165 Å². The van der Waals surface area contributed by atoms with E-state index in [1.54, 1.807) is 6.08 Å². The summed E-state index contributed by atoms with van der Waals surface area (Å²) in [5, 5.41) is 120. The summed E-state index contributed by atoms with van der Waals surface area (Å²) in [5.41, 5.74) is 0. The second kappa shape index (κ2) is 58.9. The molecule has 0 spiro atoms. The molecule has 99 heavy (non-hydrogen) atoms. The number of hydrogen-bond acceptors (Lipinski definition) is 18. The van der Waals surface area contributed by atoms with E-state index < -0.39 is 124 Å². The monoisotopic (exact) mass is 1390 g/mol. The second-order valence-corrected chi connectivity index (χ2v) is 25.6. The van der Waals surface area contributed by atoms with Gasteiger partial charge in [-0.1, -0.05) is 236 Å². The minimum absolute atomic E-state index is 0.216. The third-order valence-electron chi connectivity index (χ3n) is 17.3. The first-order valence-corrected chi connectivity index (χ1v) is 37.2. The molecule has 562 valence electrons. The molecule has 19 heteroatoms. The number of carbonyl (C=O) groups excluding carboxylic acids is 1. The average Bonchev–Trinajstić information content (AvgIpc) is 0.785. The lowest BCUT2D eigenvalue weighted by Gasteiger charge is -2.48. The van der Waals surface area contributed by atoms with Crippen LogP contribution in [-0.4, -0.2) is 193 Å². The molecule has 3 aliphatic heterocycles. The van der Waals surface area contributed by atoms with Crippen LogP contribution in [0, 0.1) is 0 Å². The summed E-state index contributed by atoms with van der Waals surface area (Å²) in [6.45, 7) is 1.52. The summed E-state index contributed by atoms with van der Waals surface area (Å²) in [6.07, 6.45) is 59.5. The van der Waals surface area contributed by atoms with Crippen LogP contribution >= 0.6 is 0 Å². The lowest BCUT2D eigenvalue weighted by atomic mass is 9.96. The number of aliphatic hydroxyl groups is 11. The van der Waals surface area contributed by atoms with Gasteiger partial charge in [-0.2, -0.15) is 0 Å². The zero-order valence-electron chi connectivity index (χ0n) is 59.6. The van der Waals surface area contributed by atoms with E-state index >= 15 is 0 Å². The van der Waals surface area contributed by atoms with Crippen molar-refractivity contribution in [3.8, 4) is 0 Å². The molecular formula is C80H129NO18. The molecule has 3 aliphatic rings. The van der Waals surface area contributed by atoms with Crippen molar-refractivity contribution in [2.45, 2.75) is 311 Å². The third-order valence-corrected chi connectivity index (χ3v) is 17.3. The van der Waals surface area contributed by atoms with Crippen molar-refractivity contribution in [1.82, 2.24) is 5.32 Å². The number of amides is 1. The van der Waals surface area contributed by atoms with Crippen molar-refractivity contribution in [3.05, 3.63) is 158 Å². The molecule has 17 atom stereocenters. The smallest absolute Gasteiger partial charge is 0.220 e. The van der Waals surface area contributed by atoms with Crippen LogP contribution in [0.15, 0.2) is 158 Å². The Morgan fingerprint density at radius 2 is 0.707 bits per heavy atom. The van der Waals surface area contributed by atoms with Gasteiger partial charge in [0.25, 0.3) is 0 Å². The quantitative estimate of drug-likeness (QED) is 0.0199. The van der Waals surface area contributed by atoms with E-state index in [1.165, 1.54) is 51.4 Å². The molecule has 1 amide bonds. The van der Waals surface area contributed by atoms with Gasteiger partial charge < -0.3 is 89.9 Å². The largest absolute Gasteiger partial charge is 0.394 e. The van der Waals surface area contributed by atoms with Gasteiger partial charge >= 0.3 is 0 Å². The Morgan fingerprint density at radius 1 is 0.374 bits per heavy atom. The van der Waals surface area contributed by atoms with E-state index in [-0.39, 0.29) is 18.9 Å². The molecule has 17 unspecified atom stereocenters. The number of rotatable bonds is 55. The molecule has 12 N–H and O–H groups in total. The fourth-order valence-electron chi connectivity index (χ4n) is 11.3. The summed E-state index contributed by atoms with van der Waals surface area (Å²) in [6, 6.07) is -1.01. The number of allylic oxidation sites excluding steroid dienone is 25. The molecule has 3 saturated heterocycles.